The minimum absolute atomic E-state index is 0.113. The molecule has 5 nitrogen and oxygen atoms in total. The summed E-state index contributed by atoms with van der Waals surface area (Å²) in [5.41, 5.74) is -1.64. The number of aliphatic hydroxyl groups is 4. The Hall–Kier alpha value is -0.200. The molecule has 1 aliphatic rings. The summed E-state index contributed by atoms with van der Waals surface area (Å²) in [6, 6.07) is 0. The van der Waals surface area contributed by atoms with E-state index >= 15 is 0 Å². The third kappa shape index (κ3) is 1.60. The molecule has 12 heavy (non-hydrogen) atoms. The molecule has 0 aromatic carbocycles. The van der Waals surface area contributed by atoms with Crippen molar-refractivity contribution < 1.29 is 25.2 Å². The molecular weight excluding hydrogens is 164 g/mol. The van der Waals surface area contributed by atoms with Gasteiger partial charge in [0.25, 0.3) is 0 Å². The van der Waals surface area contributed by atoms with E-state index in [1.807, 2.05) is 0 Å². The van der Waals surface area contributed by atoms with Crippen LogP contribution in [0.15, 0.2) is 0 Å². The summed E-state index contributed by atoms with van der Waals surface area (Å²) in [5.74, 6) is 0. The average molecular weight is 178 g/mol. The lowest BCUT2D eigenvalue weighted by molar-refractivity contribution is -0.282. The zero-order chi connectivity index (χ0) is 9.35. The standard InChI is InChI=1S/C7H14O5/c1-4-2-7(11,3-8)5(9)6(10)12-4/h4-6,8-11H,2-3H2,1H3. The summed E-state index contributed by atoms with van der Waals surface area (Å²) >= 11 is 0. The van der Waals surface area contributed by atoms with E-state index in [9.17, 15) is 10.2 Å². The summed E-state index contributed by atoms with van der Waals surface area (Å²) in [5, 5.41) is 36.6. The van der Waals surface area contributed by atoms with Crippen molar-refractivity contribution in [2.75, 3.05) is 6.61 Å². The second-order valence-corrected chi connectivity index (χ2v) is 3.25. The van der Waals surface area contributed by atoms with Crippen molar-refractivity contribution >= 4 is 0 Å². The second kappa shape index (κ2) is 3.27. The molecule has 0 bridgehead atoms. The molecule has 0 aliphatic carbocycles. The lowest BCUT2D eigenvalue weighted by Gasteiger charge is -2.41. The highest BCUT2D eigenvalue weighted by Crippen LogP contribution is 2.27. The summed E-state index contributed by atoms with van der Waals surface area (Å²) in [6.07, 6.45) is -3.13. The third-order valence-electron chi connectivity index (χ3n) is 2.11. The van der Waals surface area contributed by atoms with E-state index in [4.69, 9.17) is 14.9 Å². The molecule has 5 heteroatoms. The van der Waals surface area contributed by atoms with E-state index in [1.165, 1.54) is 0 Å². The fourth-order valence-corrected chi connectivity index (χ4v) is 1.40. The van der Waals surface area contributed by atoms with Crippen LogP contribution in [0.4, 0.5) is 0 Å². The van der Waals surface area contributed by atoms with Crippen molar-refractivity contribution in [1.29, 1.82) is 0 Å². The molecule has 0 saturated carbocycles. The molecular formula is C7H14O5. The van der Waals surface area contributed by atoms with Crippen LogP contribution in [0.25, 0.3) is 0 Å². The minimum Gasteiger partial charge on any atom is -0.393 e. The third-order valence-corrected chi connectivity index (χ3v) is 2.11. The van der Waals surface area contributed by atoms with E-state index in [1.54, 1.807) is 6.92 Å². The van der Waals surface area contributed by atoms with Crippen LogP contribution >= 0.6 is 0 Å². The van der Waals surface area contributed by atoms with Gasteiger partial charge in [-0.15, -0.1) is 0 Å². The summed E-state index contributed by atoms with van der Waals surface area (Å²) < 4.78 is 4.83. The van der Waals surface area contributed by atoms with Crippen LogP contribution in [0, 0.1) is 0 Å². The first-order valence-corrected chi connectivity index (χ1v) is 3.84. The van der Waals surface area contributed by atoms with Crippen molar-refractivity contribution in [2.24, 2.45) is 0 Å². The maximum absolute atomic E-state index is 9.55. The minimum atomic E-state index is -1.64. The lowest BCUT2D eigenvalue weighted by Crippen LogP contribution is -2.58. The quantitative estimate of drug-likeness (QED) is 0.380. The maximum atomic E-state index is 9.55. The van der Waals surface area contributed by atoms with Crippen LogP contribution < -0.4 is 0 Å². The maximum Gasteiger partial charge on any atom is 0.184 e. The van der Waals surface area contributed by atoms with E-state index in [-0.39, 0.29) is 12.5 Å². The van der Waals surface area contributed by atoms with Crippen LogP contribution in [0.2, 0.25) is 0 Å². The lowest BCUT2D eigenvalue weighted by atomic mass is 9.88. The number of hydrogen-bond donors (Lipinski definition) is 4. The van der Waals surface area contributed by atoms with Crippen molar-refractivity contribution in [3.63, 3.8) is 0 Å². The SMILES string of the molecule is CC1CC(O)(CO)C(O)C(O)O1. The van der Waals surface area contributed by atoms with Crippen molar-refractivity contribution in [2.45, 2.75) is 37.4 Å². The monoisotopic (exact) mass is 178 g/mol. The molecule has 1 heterocycles. The molecule has 0 spiro atoms. The molecule has 1 saturated heterocycles. The molecule has 0 aromatic heterocycles. The van der Waals surface area contributed by atoms with Gasteiger partial charge in [-0.05, 0) is 6.92 Å². The number of aliphatic hydroxyl groups excluding tert-OH is 3. The second-order valence-electron chi connectivity index (χ2n) is 3.25. The van der Waals surface area contributed by atoms with Crippen LogP contribution in [0.5, 0.6) is 0 Å². The molecule has 0 aromatic rings. The first-order valence-electron chi connectivity index (χ1n) is 3.84. The fourth-order valence-electron chi connectivity index (χ4n) is 1.40. The highest BCUT2D eigenvalue weighted by atomic mass is 16.6. The molecule has 4 unspecified atom stereocenters. The van der Waals surface area contributed by atoms with Crippen molar-refractivity contribution in [3.05, 3.63) is 0 Å². The molecule has 0 amide bonds. The zero-order valence-electron chi connectivity index (χ0n) is 6.84. The molecule has 0 radical (unpaired) electrons. The summed E-state index contributed by atoms with van der Waals surface area (Å²) in [6.45, 7) is 1.06. The van der Waals surface area contributed by atoms with Crippen molar-refractivity contribution in [1.82, 2.24) is 0 Å². The predicted octanol–water partition coefficient (Wildman–Crippen LogP) is -1.80. The molecule has 72 valence electrons. The molecule has 1 rings (SSSR count). The van der Waals surface area contributed by atoms with Crippen LogP contribution in [-0.2, 0) is 4.74 Å². The van der Waals surface area contributed by atoms with Gasteiger partial charge in [0.05, 0.1) is 12.7 Å². The summed E-state index contributed by atoms with van der Waals surface area (Å²) in [7, 11) is 0. The Bertz CT molecular complexity index is 162. The largest absolute Gasteiger partial charge is 0.393 e. The van der Waals surface area contributed by atoms with Crippen LogP contribution in [0.3, 0.4) is 0 Å². The van der Waals surface area contributed by atoms with E-state index in [0.29, 0.717) is 0 Å². The first kappa shape index (κ1) is 9.88. The highest BCUT2D eigenvalue weighted by Gasteiger charge is 2.46. The Kier molecular flexibility index (Phi) is 2.70. The van der Waals surface area contributed by atoms with Gasteiger partial charge in [0, 0.05) is 6.42 Å². The molecule has 1 aliphatic heterocycles. The topological polar surface area (TPSA) is 90.2 Å². The first-order chi connectivity index (χ1) is 5.49. The number of hydrogen-bond acceptors (Lipinski definition) is 5. The fraction of sp³-hybridized carbons (Fsp3) is 1.00. The zero-order valence-corrected chi connectivity index (χ0v) is 6.84. The van der Waals surface area contributed by atoms with E-state index in [0.717, 1.165) is 0 Å². The van der Waals surface area contributed by atoms with Gasteiger partial charge >= 0.3 is 0 Å². The van der Waals surface area contributed by atoms with Crippen LogP contribution in [0.1, 0.15) is 13.3 Å². The van der Waals surface area contributed by atoms with E-state index < -0.39 is 24.6 Å². The Morgan fingerprint density at radius 2 is 2.08 bits per heavy atom. The van der Waals surface area contributed by atoms with Gasteiger partial charge < -0.3 is 25.2 Å². The number of ether oxygens (including phenoxy) is 1. The van der Waals surface area contributed by atoms with Gasteiger partial charge in [-0.3, -0.25) is 0 Å². The number of rotatable bonds is 1. The van der Waals surface area contributed by atoms with Crippen LogP contribution in [-0.4, -0.2) is 51.1 Å². The molecule has 4 N–H and O–H groups in total. The molecule has 4 atom stereocenters. The Labute approximate surface area is 70.2 Å². The average Bonchev–Trinajstić information content (AvgIpc) is 2.00. The predicted molar refractivity (Wildman–Crippen MR) is 39.2 cm³/mol. The Morgan fingerprint density at radius 3 is 2.58 bits per heavy atom. The summed E-state index contributed by atoms with van der Waals surface area (Å²) in [4.78, 5) is 0. The van der Waals surface area contributed by atoms with Gasteiger partial charge in [-0.25, -0.2) is 0 Å². The smallest absolute Gasteiger partial charge is 0.184 e. The van der Waals surface area contributed by atoms with Gasteiger partial charge in [0.15, 0.2) is 6.29 Å². The van der Waals surface area contributed by atoms with Gasteiger partial charge in [-0.1, -0.05) is 0 Å². The van der Waals surface area contributed by atoms with Gasteiger partial charge in [0.1, 0.15) is 11.7 Å². The van der Waals surface area contributed by atoms with E-state index in [2.05, 4.69) is 0 Å². The van der Waals surface area contributed by atoms with Gasteiger partial charge in [0.2, 0.25) is 0 Å². The molecule has 1 fully saturated rings. The van der Waals surface area contributed by atoms with Gasteiger partial charge in [-0.2, -0.15) is 0 Å². The Morgan fingerprint density at radius 1 is 1.50 bits per heavy atom. The Balaban J connectivity index is 2.72. The van der Waals surface area contributed by atoms with Crippen molar-refractivity contribution in [3.8, 4) is 0 Å². The normalized spacial score (nSPS) is 49.2. The highest BCUT2D eigenvalue weighted by molar-refractivity contribution is 4.92.